The molecule has 2 nitrogen and oxygen atoms in total. The van der Waals surface area contributed by atoms with Crippen molar-refractivity contribution in [3.63, 3.8) is 0 Å². The van der Waals surface area contributed by atoms with E-state index in [0.29, 0.717) is 12.8 Å². The highest BCUT2D eigenvalue weighted by molar-refractivity contribution is 7.85. The van der Waals surface area contributed by atoms with Crippen LogP contribution in [0.2, 0.25) is 0 Å². The molecule has 4 heteroatoms. The molecular formula is C14H30ClO2P. The first kappa shape index (κ1) is 18.5. The quantitative estimate of drug-likeness (QED) is 0.291. The van der Waals surface area contributed by atoms with Crippen LogP contribution in [-0.4, -0.2) is 12.8 Å². The van der Waals surface area contributed by atoms with Gasteiger partial charge in [0, 0.05) is 6.16 Å². The minimum absolute atomic E-state index is 0.535. The SMILES string of the molecule is CCCCCCCCCCP(=O)(Cl)OCCCC. The van der Waals surface area contributed by atoms with E-state index in [9.17, 15) is 4.57 Å². The van der Waals surface area contributed by atoms with Crippen LogP contribution in [0.25, 0.3) is 0 Å². The zero-order valence-corrected chi connectivity index (χ0v) is 13.8. The maximum atomic E-state index is 11.8. The molecule has 0 aliphatic rings. The Morgan fingerprint density at radius 3 is 1.89 bits per heavy atom. The smallest absolute Gasteiger partial charge is 0.290 e. The Balaban J connectivity index is 3.33. The minimum Gasteiger partial charge on any atom is -0.318 e. The molecule has 0 bridgehead atoms. The number of hydrogen-bond acceptors (Lipinski definition) is 2. The zero-order chi connectivity index (χ0) is 13.7. The van der Waals surface area contributed by atoms with Gasteiger partial charge in [-0.15, -0.1) is 0 Å². The highest BCUT2D eigenvalue weighted by Gasteiger charge is 2.17. The summed E-state index contributed by atoms with van der Waals surface area (Å²) in [6, 6.07) is 0. The van der Waals surface area contributed by atoms with Crippen LogP contribution >= 0.6 is 18.0 Å². The van der Waals surface area contributed by atoms with Crippen molar-refractivity contribution >= 4 is 18.0 Å². The Labute approximate surface area is 118 Å². The molecule has 0 aromatic rings. The molecule has 110 valence electrons. The van der Waals surface area contributed by atoms with Gasteiger partial charge in [0.2, 0.25) is 0 Å². The van der Waals surface area contributed by atoms with Crippen molar-refractivity contribution in [3.8, 4) is 0 Å². The molecule has 0 aliphatic heterocycles. The second-order valence-electron chi connectivity index (χ2n) is 4.98. The molecule has 1 atom stereocenters. The average molecular weight is 297 g/mol. The predicted molar refractivity (Wildman–Crippen MR) is 81.8 cm³/mol. The molecule has 18 heavy (non-hydrogen) atoms. The minimum atomic E-state index is -2.82. The molecule has 0 heterocycles. The van der Waals surface area contributed by atoms with Crippen LogP contribution < -0.4 is 0 Å². The lowest BCUT2D eigenvalue weighted by Crippen LogP contribution is -1.93. The van der Waals surface area contributed by atoms with Crippen molar-refractivity contribution in [2.45, 2.75) is 78.1 Å². The van der Waals surface area contributed by atoms with Gasteiger partial charge in [-0.05, 0) is 24.1 Å². The monoisotopic (exact) mass is 296 g/mol. The summed E-state index contributed by atoms with van der Waals surface area (Å²) in [6.45, 7) is 2.04. The van der Waals surface area contributed by atoms with E-state index in [-0.39, 0.29) is 0 Å². The Bertz CT molecular complexity index is 222. The van der Waals surface area contributed by atoms with Crippen molar-refractivity contribution in [3.05, 3.63) is 0 Å². The first-order valence-corrected chi connectivity index (χ1v) is 10.3. The molecule has 0 aromatic heterocycles. The van der Waals surface area contributed by atoms with Crippen molar-refractivity contribution < 1.29 is 9.09 Å². The summed E-state index contributed by atoms with van der Waals surface area (Å²) in [7, 11) is 0. The van der Waals surface area contributed by atoms with Gasteiger partial charge in [-0.1, -0.05) is 65.2 Å². The first-order chi connectivity index (χ1) is 8.62. The molecule has 0 aliphatic carbocycles. The third kappa shape index (κ3) is 12.9. The summed E-state index contributed by atoms with van der Waals surface area (Å²) >= 11 is 5.89. The summed E-state index contributed by atoms with van der Waals surface area (Å²) in [6.07, 6.45) is 12.4. The molecule has 0 radical (unpaired) electrons. The lowest BCUT2D eigenvalue weighted by molar-refractivity contribution is 0.315. The number of hydrogen-bond donors (Lipinski definition) is 0. The Kier molecular flexibility index (Phi) is 12.8. The van der Waals surface area contributed by atoms with Crippen LogP contribution in [0.15, 0.2) is 0 Å². The Morgan fingerprint density at radius 2 is 1.33 bits per heavy atom. The van der Waals surface area contributed by atoms with Gasteiger partial charge in [-0.2, -0.15) is 0 Å². The van der Waals surface area contributed by atoms with Crippen molar-refractivity contribution in [2.24, 2.45) is 0 Å². The summed E-state index contributed by atoms with van der Waals surface area (Å²) < 4.78 is 17.1. The second kappa shape index (κ2) is 12.5. The van der Waals surface area contributed by atoms with Gasteiger partial charge >= 0.3 is 0 Å². The van der Waals surface area contributed by atoms with Gasteiger partial charge in [-0.3, -0.25) is 4.57 Å². The second-order valence-corrected chi connectivity index (χ2v) is 8.41. The molecule has 0 saturated carbocycles. The van der Waals surface area contributed by atoms with Gasteiger partial charge in [0.1, 0.15) is 0 Å². The summed E-state index contributed by atoms with van der Waals surface area (Å²) in [4.78, 5) is 0. The Hall–Kier alpha value is 0.480. The van der Waals surface area contributed by atoms with E-state index >= 15 is 0 Å². The lowest BCUT2D eigenvalue weighted by atomic mass is 10.1. The summed E-state index contributed by atoms with van der Waals surface area (Å²) in [5, 5.41) is 0. The van der Waals surface area contributed by atoms with Gasteiger partial charge in [-0.25, -0.2) is 0 Å². The topological polar surface area (TPSA) is 26.3 Å². The van der Waals surface area contributed by atoms with Gasteiger partial charge in [0.15, 0.2) is 0 Å². The largest absolute Gasteiger partial charge is 0.318 e. The molecule has 0 amide bonds. The van der Waals surface area contributed by atoms with Crippen LogP contribution in [0.4, 0.5) is 0 Å². The van der Waals surface area contributed by atoms with Crippen LogP contribution in [0.1, 0.15) is 78.1 Å². The summed E-state index contributed by atoms with van der Waals surface area (Å²) in [5.41, 5.74) is 0. The third-order valence-corrected chi connectivity index (χ3v) is 5.28. The third-order valence-electron chi connectivity index (χ3n) is 3.06. The normalized spacial score (nSPS) is 14.6. The van der Waals surface area contributed by atoms with E-state index < -0.39 is 6.72 Å². The van der Waals surface area contributed by atoms with Crippen molar-refractivity contribution in [2.75, 3.05) is 12.8 Å². The molecule has 0 N–H and O–H groups in total. The fourth-order valence-corrected chi connectivity index (χ4v) is 3.54. The molecule has 0 aromatic carbocycles. The predicted octanol–water partition coefficient (Wildman–Crippen LogP) is 6.38. The molecular weight excluding hydrogens is 267 g/mol. The lowest BCUT2D eigenvalue weighted by Gasteiger charge is -2.10. The summed E-state index contributed by atoms with van der Waals surface area (Å²) in [5.74, 6) is 0. The Morgan fingerprint density at radius 1 is 0.833 bits per heavy atom. The van der Waals surface area contributed by atoms with Crippen molar-refractivity contribution in [1.29, 1.82) is 0 Å². The van der Waals surface area contributed by atoms with Gasteiger partial charge < -0.3 is 4.52 Å². The van der Waals surface area contributed by atoms with Crippen LogP contribution in [0.5, 0.6) is 0 Å². The fourth-order valence-electron chi connectivity index (χ4n) is 1.84. The molecule has 0 fully saturated rings. The maximum absolute atomic E-state index is 11.8. The van der Waals surface area contributed by atoms with Gasteiger partial charge in [0.05, 0.1) is 6.61 Å². The van der Waals surface area contributed by atoms with E-state index in [1.54, 1.807) is 0 Å². The molecule has 0 saturated heterocycles. The van der Waals surface area contributed by atoms with E-state index in [2.05, 4.69) is 13.8 Å². The molecule has 0 spiro atoms. The van der Waals surface area contributed by atoms with E-state index in [4.69, 9.17) is 15.8 Å². The standard InChI is InChI=1S/C14H30ClO2P/c1-3-5-7-8-9-10-11-12-14-18(15,16)17-13-6-4-2/h3-14H2,1-2H3. The van der Waals surface area contributed by atoms with E-state index in [1.165, 1.54) is 38.5 Å². The van der Waals surface area contributed by atoms with Crippen LogP contribution in [-0.2, 0) is 9.09 Å². The fraction of sp³-hybridized carbons (Fsp3) is 1.00. The maximum Gasteiger partial charge on any atom is 0.290 e. The first-order valence-electron chi connectivity index (χ1n) is 7.55. The molecule has 0 rings (SSSR count). The van der Waals surface area contributed by atoms with Crippen LogP contribution in [0, 0.1) is 0 Å². The highest BCUT2D eigenvalue weighted by atomic mass is 35.7. The molecule has 1 unspecified atom stereocenters. The van der Waals surface area contributed by atoms with Gasteiger partial charge in [0.25, 0.3) is 6.72 Å². The van der Waals surface area contributed by atoms with Crippen LogP contribution in [0.3, 0.4) is 0 Å². The van der Waals surface area contributed by atoms with Crippen molar-refractivity contribution in [1.82, 2.24) is 0 Å². The number of rotatable bonds is 13. The zero-order valence-electron chi connectivity index (χ0n) is 12.1. The average Bonchev–Trinajstić information content (AvgIpc) is 2.33. The van der Waals surface area contributed by atoms with E-state index in [1.807, 2.05) is 0 Å². The number of halogens is 1. The number of unbranched alkanes of at least 4 members (excludes halogenated alkanes) is 8. The van der Waals surface area contributed by atoms with E-state index in [0.717, 1.165) is 25.7 Å². The highest BCUT2D eigenvalue weighted by Crippen LogP contribution is 2.53.